The summed E-state index contributed by atoms with van der Waals surface area (Å²) in [6.45, 7) is 2.86. The van der Waals surface area contributed by atoms with E-state index in [2.05, 4.69) is 6.92 Å². The van der Waals surface area contributed by atoms with Crippen molar-refractivity contribution in [2.75, 3.05) is 24.2 Å². The highest BCUT2D eigenvalue weighted by atomic mass is 19.1. The first-order valence-electron chi connectivity index (χ1n) is 5.52. The molecular weight excluding hydrogens is 210 g/mol. The monoisotopic (exact) mass is 228 g/mol. The molecule has 0 saturated heterocycles. The first kappa shape index (κ1) is 12.7. The molecule has 0 atom stereocenters. The molecule has 0 aliphatic carbocycles. The first-order valence-corrected chi connectivity index (χ1v) is 5.52. The zero-order valence-corrected chi connectivity index (χ0v) is 9.76. The summed E-state index contributed by atoms with van der Waals surface area (Å²) in [5.74, 6) is -1.29. The zero-order chi connectivity index (χ0) is 12.1. The lowest BCUT2D eigenvalue weighted by atomic mass is 10.2. The van der Waals surface area contributed by atoms with Crippen LogP contribution < -0.4 is 10.6 Å². The topological polar surface area (TPSA) is 29.3 Å². The third-order valence-corrected chi connectivity index (χ3v) is 2.58. The van der Waals surface area contributed by atoms with E-state index in [0.717, 1.165) is 31.9 Å². The molecule has 0 fully saturated rings. The quantitative estimate of drug-likeness (QED) is 0.619. The number of halogens is 2. The Bertz CT molecular complexity index is 353. The van der Waals surface area contributed by atoms with Gasteiger partial charge in [0, 0.05) is 19.7 Å². The van der Waals surface area contributed by atoms with E-state index in [9.17, 15) is 8.78 Å². The van der Waals surface area contributed by atoms with E-state index in [4.69, 9.17) is 5.73 Å². The minimum atomic E-state index is -0.697. The summed E-state index contributed by atoms with van der Waals surface area (Å²) < 4.78 is 26.2. The average molecular weight is 228 g/mol. The predicted molar refractivity (Wildman–Crippen MR) is 63.6 cm³/mol. The summed E-state index contributed by atoms with van der Waals surface area (Å²) in [5.41, 5.74) is 6.01. The van der Waals surface area contributed by atoms with Crippen LogP contribution in [0.3, 0.4) is 0 Å². The molecule has 0 bridgehead atoms. The normalized spacial score (nSPS) is 10.5. The molecule has 0 radical (unpaired) electrons. The number of unbranched alkanes of at least 4 members (excludes halogenated alkanes) is 2. The van der Waals surface area contributed by atoms with Crippen molar-refractivity contribution in [2.24, 2.45) is 0 Å². The lowest BCUT2D eigenvalue weighted by molar-refractivity contribution is 0.585. The van der Waals surface area contributed by atoms with Gasteiger partial charge < -0.3 is 10.6 Å². The molecular formula is C12H18F2N2. The second-order valence-corrected chi connectivity index (χ2v) is 3.95. The molecule has 1 aromatic carbocycles. The summed E-state index contributed by atoms with van der Waals surface area (Å²) in [7, 11) is 1.79. The third kappa shape index (κ3) is 3.08. The Morgan fingerprint density at radius 3 is 2.56 bits per heavy atom. The van der Waals surface area contributed by atoms with Crippen LogP contribution in [0.5, 0.6) is 0 Å². The Morgan fingerprint density at radius 2 is 1.94 bits per heavy atom. The second kappa shape index (κ2) is 5.68. The molecule has 0 aliphatic rings. The number of benzene rings is 1. The molecule has 1 aromatic rings. The molecule has 1 rings (SSSR count). The first-order chi connectivity index (χ1) is 7.56. The highest BCUT2D eigenvalue weighted by molar-refractivity contribution is 5.67. The summed E-state index contributed by atoms with van der Waals surface area (Å²) in [4.78, 5) is 1.79. The Hall–Kier alpha value is -1.32. The van der Waals surface area contributed by atoms with Crippen LogP contribution >= 0.6 is 0 Å². The lowest BCUT2D eigenvalue weighted by Crippen LogP contribution is -2.20. The predicted octanol–water partition coefficient (Wildman–Crippen LogP) is 3.17. The maximum atomic E-state index is 13.2. The van der Waals surface area contributed by atoms with E-state index in [0.29, 0.717) is 5.69 Å². The molecule has 0 aliphatic heterocycles. The molecule has 4 heteroatoms. The average Bonchev–Trinajstić information content (AvgIpc) is 2.23. The van der Waals surface area contributed by atoms with Gasteiger partial charge >= 0.3 is 0 Å². The van der Waals surface area contributed by atoms with Crippen LogP contribution in [-0.2, 0) is 0 Å². The molecule has 16 heavy (non-hydrogen) atoms. The zero-order valence-electron chi connectivity index (χ0n) is 9.76. The molecule has 2 N–H and O–H groups in total. The largest absolute Gasteiger partial charge is 0.395 e. The van der Waals surface area contributed by atoms with Crippen molar-refractivity contribution >= 4 is 11.4 Å². The second-order valence-electron chi connectivity index (χ2n) is 3.95. The van der Waals surface area contributed by atoms with Crippen LogP contribution in [0.4, 0.5) is 20.2 Å². The minimum Gasteiger partial charge on any atom is -0.395 e. The third-order valence-electron chi connectivity index (χ3n) is 2.58. The lowest BCUT2D eigenvalue weighted by Gasteiger charge is -2.21. The maximum Gasteiger partial charge on any atom is 0.151 e. The summed E-state index contributed by atoms with van der Waals surface area (Å²) in [5, 5.41) is 0. The van der Waals surface area contributed by atoms with Crippen molar-refractivity contribution in [1.82, 2.24) is 0 Å². The van der Waals surface area contributed by atoms with E-state index in [1.165, 1.54) is 6.07 Å². The van der Waals surface area contributed by atoms with Crippen LogP contribution in [0.2, 0.25) is 0 Å². The standard InChI is InChI=1S/C12H18F2N2/c1-3-4-5-6-16(2)11-8-9(13)7-10(14)12(11)15/h7-8H,3-6,15H2,1-2H3. The molecule has 0 saturated carbocycles. The molecule has 0 amide bonds. The van der Waals surface area contributed by atoms with Crippen LogP contribution in [0.1, 0.15) is 26.2 Å². The van der Waals surface area contributed by atoms with Gasteiger partial charge in [-0.2, -0.15) is 0 Å². The van der Waals surface area contributed by atoms with Gasteiger partial charge in [-0.25, -0.2) is 8.78 Å². The van der Waals surface area contributed by atoms with Gasteiger partial charge in [-0.15, -0.1) is 0 Å². The number of nitrogen functional groups attached to an aromatic ring is 1. The fraction of sp³-hybridized carbons (Fsp3) is 0.500. The van der Waals surface area contributed by atoms with Crippen LogP contribution in [0, 0.1) is 11.6 Å². The van der Waals surface area contributed by atoms with Gasteiger partial charge in [0.15, 0.2) is 5.82 Å². The SMILES string of the molecule is CCCCCN(C)c1cc(F)cc(F)c1N. The number of anilines is 2. The van der Waals surface area contributed by atoms with Crippen molar-refractivity contribution in [3.8, 4) is 0 Å². The van der Waals surface area contributed by atoms with E-state index in [1.807, 2.05) is 0 Å². The van der Waals surface area contributed by atoms with Gasteiger partial charge in [-0.05, 0) is 12.5 Å². The summed E-state index contributed by atoms with van der Waals surface area (Å²) in [6, 6.07) is 2.07. The van der Waals surface area contributed by atoms with E-state index in [-0.39, 0.29) is 5.69 Å². The van der Waals surface area contributed by atoms with Crippen molar-refractivity contribution in [3.63, 3.8) is 0 Å². The Morgan fingerprint density at radius 1 is 1.25 bits per heavy atom. The molecule has 2 nitrogen and oxygen atoms in total. The number of hydrogen-bond donors (Lipinski definition) is 1. The Kier molecular flexibility index (Phi) is 4.52. The van der Waals surface area contributed by atoms with Gasteiger partial charge in [0.2, 0.25) is 0 Å². The molecule has 0 spiro atoms. The molecule has 90 valence electrons. The number of nitrogens with two attached hydrogens (primary N) is 1. The van der Waals surface area contributed by atoms with Gasteiger partial charge in [-0.1, -0.05) is 19.8 Å². The maximum absolute atomic E-state index is 13.2. The fourth-order valence-electron chi connectivity index (χ4n) is 1.61. The van der Waals surface area contributed by atoms with Crippen molar-refractivity contribution in [1.29, 1.82) is 0 Å². The molecule has 0 unspecified atom stereocenters. The molecule has 0 aromatic heterocycles. The molecule has 0 heterocycles. The van der Waals surface area contributed by atoms with Crippen LogP contribution in [-0.4, -0.2) is 13.6 Å². The minimum absolute atomic E-state index is 0.0143. The van der Waals surface area contributed by atoms with Crippen molar-refractivity contribution in [3.05, 3.63) is 23.8 Å². The van der Waals surface area contributed by atoms with Crippen molar-refractivity contribution in [2.45, 2.75) is 26.2 Å². The Labute approximate surface area is 95.1 Å². The smallest absolute Gasteiger partial charge is 0.151 e. The van der Waals surface area contributed by atoms with E-state index in [1.54, 1.807) is 11.9 Å². The van der Waals surface area contributed by atoms with Gasteiger partial charge in [0.05, 0.1) is 11.4 Å². The number of rotatable bonds is 5. The highest BCUT2D eigenvalue weighted by Gasteiger charge is 2.11. The van der Waals surface area contributed by atoms with E-state index < -0.39 is 11.6 Å². The highest BCUT2D eigenvalue weighted by Crippen LogP contribution is 2.26. The van der Waals surface area contributed by atoms with Gasteiger partial charge in [-0.3, -0.25) is 0 Å². The Balaban J connectivity index is 2.78. The number of nitrogens with zero attached hydrogens (tertiary/aromatic N) is 1. The van der Waals surface area contributed by atoms with Gasteiger partial charge in [0.25, 0.3) is 0 Å². The summed E-state index contributed by atoms with van der Waals surface area (Å²) >= 11 is 0. The van der Waals surface area contributed by atoms with Crippen LogP contribution in [0.25, 0.3) is 0 Å². The fourth-order valence-corrected chi connectivity index (χ4v) is 1.61. The van der Waals surface area contributed by atoms with Crippen LogP contribution in [0.15, 0.2) is 12.1 Å². The van der Waals surface area contributed by atoms with E-state index >= 15 is 0 Å². The van der Waals surface area contributed by atoms with Gasteiger partial charge in [0.1, 0.15) is 5.82 Å². The van der Waals surface area contributed by atoms with Crippen molar-refractivity contribution < 1.29 is 8.78 Å². The summed E-state index contributed by atoms with van der Waals surface area (Å²) in [6.07, 6.45) is 3.20. The number of hydrogen-bond acceptors (Lipinski definition) is 2.